The molecule has 2 atom stereocenters. The van der Waals surface area contributed by atoms with Crippen LogP contribution in [-0.4, -0.2) is 85.3 Å². The number of carboxylic acids is 1. The fourth-order valence-electron chi connectivity index (χ4n) is 4.83. The molecule has 0 aliphatic heterocycles. The summed E-state index contributed by atoms with van der Waals surface area (Å²) in [5, 5.41) is 36.8. The second-order valence-electron chi connectivity index (χ2n) is 9.79. The van der Waals surface area contributed by atoms with Crippen LogP contribution >= 0.6 is 0 Å². The van der Waals surface area contributed by atoms with Crippen LogP contribution in [0.3, 0.4) is 0 Å². The van der Waals surface area contributed by atoms with Crippen molar-refractivity contribution in [3.63, 3.8) is 0 Å². The molecule has 1 saturated carbocycles. The number of carbonyl (C=O) groups is 2. The van der Waals surface area contributed by atoms with Crippen molar-refractivity contribution in [1.82, 2.24) is 15.1 Å². The molecular weight excluding hydrogens is 476 g/mol. The van der Waals surface area contributed by atoms with Crippen LogP contribution in [0.4, 0.5) is 4.39 Å². The Morgan fingerprint density at radius 3 is 2.36 bits per heavy atom. The van der Waals surface area contributed by atoms with Gasteiger partial charge in [0.05, 0.1) is 24.3 Å². The van der Waals surface area contributed by atoms with E-state index in [4.69, 9.17) is 5.11 Å². The molecule has 4 N–H and O–H groups in total. The molecule has 1 aliphatic rings. The number of halogens is 1. The van der Waals surface area contributed by atoms with Crippen LogP contribution < -0.4 is 5.32 Å². The quantitative estimate of drug-likeness (QED) is 0.324. The summed E-state index contributed by atoms with van der Waals surface area (Å²) < 4.78 is 15.2. The Hall–Kier alpha value is -1.78. The molecule has 194 valence electrons. The number of aliphatic hydroxyl groups is 2. The van der Waals surface area contributed by atoms with E-state index in [0.29, 0.717) is 30.3 Å². The maximum absolute atomic E-state index is 13.6. The summed E-state index contributed by atoms with van der Waals surface area (Å²) >= 11 is 0. The van der Waals surface area contributed by atoms with Gasteiger partial charge in [-0.15, -0.1) is 0 Å². The summed E-state index contributed by atoms with van der Waals surface area (Å²) in [5.41, 5.74) is 2.40. The normalized spacial score (nSPS) is 15.5. The summed E-state index contributed by atoms with van der Waals surface area (Å²) in [4.78, 5) is 24.0. The second-order valence-corrected chi connectivity index (χ2v) is 9.79. The molecule has 1 aromatic carbocycles. The monoisotopic (exact) mass is 513 g/mol. The molecule has 0 unspecified atom stereocenters. The van der Waals surface area contributed by atoms with E-state index in [1.54, 1.807) is 16.8 Å². The predicted octanol–water partition coefficient (Wildman–Crippen LogP) is 2.93. The Morgan fingerprint density at radius 1 is 1.14 bits per heavy atom. The number of aliphatic hydroxyl groups excluding tert-OH is 2. The number of benzene rings is 1. The van der Waals surface area contributed by atoms with Crippen LogP contribution in [-0.2, 0) is 11.2 Å². The molecule has 0 bridgehead atoms. The first-order valence-corrected chi connectivity index (χ1v) is 12.4. The number of aromatic nitrogens is 2. The number of rotatable bonds is 12. The predicted molar refractivity (Wildman–Crippen MR) is 136 cm³/mol. The van der Waals surface area contributed by atoms with Crippen LogP contribution in [0.1, 0.15) is 86.5 Å². The average molecular weight is 514 g/mol. The zero-order valence-electron chi connectivity index (χ0n) is 20.4. The first-order valence-electron chi connectivity index (χ1n) is 12.4. The van der Waals surface area contributed by atoms with Crippen molar-refractivity contribution in [3.05, 3.63) is 47.0 Å². The van der Waals surface area contributed by atoms with Gasteiger partial charge in [0.2, 0.25) is 0 Å². The van der Waals surface area contributed by atoms with Crippen LogP contribution in [0.15, 0.2) is 24.3 Å². The van der Waals surface area contributed by atoms with Crippen molar-refractivity contribution in [2.45, 2.75) is 83.3 Å². The van der Waals surface area contributed by atoms with Gasteiger partial charge in [-0.2, -0.15) is 5.10 Å². The molecular formula is C26H37FN3NaO5. The van der Waals surface area contributed by atoms with Crippen LogP contribution in [0.2, 0.25) is 0 Å². The van der Waals surface area contributed by atoms with Gasteiger partial charge in [-0.25, -0.2) is 9.07 Å². The fourth-order valence-corrected chi connectivity index (χ4v) is 4.83. The van der Waals surface area contributed by atoms with E-state index in [1.165, 1.54) is 25.0 Å². The first-order chi connectivity index (χ1) is 16.7. The maximum atomic E-state index is 13.6. The number of carboxylic acid groups (broad SMARTS) is 1. The zero-order valence-corrected chi connectivity index (χ0v) is 20.4. The SMILES string of the molecule is CC(C)c1c(C(=O)NCC2CCCC2)nn(-c2ccc(F)cc2)c1CC[C@@H](O)C[C@@H](O)CC(=O)O.[NaH]. The van der Waals surface area contributed by atoms with Gasteiger partial charge in [-0.1, -0.05) is 26.7 Å². The van der Waals surface area contributed by atoms with Crippen LogP contribution in [0.25, 0.3) is 5.69 Å². The molecule has 0 spiro atoms. The van der Waals surface area contributed by atoms with Gasteiger partial charge in [0.1, 0.15) is 5.82 Å². The number of carbonyl (C=O) groups excluding carboxylic acids is 1. The molecule has 1 heterocycles. The molecule has 1 aromatic heterocycles. The Bertz CT molecular complexity index is 1010. The molecule has 1 aliphatic carbocycles. The molecule has 0 radical (unpaired) electrons. The number of nitrogens with zero attached hydrogens (tertiary/aromatic N) is 2. The van der Waals surface area contributed by atoms with Crippen molar-refractivity contribution < 1.29 is 29.3 Å². The van der Waals surface area contributed by atoms with E-state index < -0.39 is 24.6 Å². The first kappa shape index (κ1) is 30.4. The molecule has 36 heavy (non-hydrogen) atoms. The van der Waals surface area contributed by atoms with E-state index in [-0.39, 0.29) is 60.0 Å². The standard InChI is InChI=1S/C26H36FN3O5.Na.H/c1-16(2)24-22(12-11-20(31)13-21(32)14-23(33)34)30(19-9-7-18(27)8-10-19)29-25(24)26(35)28-15-17-5-3-4-6-17;;/h7-10,16-17,20-21,31-32H,3-6,11-15H2,1-2H3,(H,28,35)(H,33,34);;/t20-,21-;;/m1../s1. The van der Waals surface area contributed by atoms with Crippen LogP contribution in [0, 0.1) is 11.7 Å². The van der Waals surface area contributed by atoms with E-state index in [0.717, 1.165) is 24.1 Å². The van der Waals surface area contributed by atoms with Crippen molar-refractivity contribution in [3.8, 4) is 5.69 Å². The molecule has 1 amide bonds. The Balaban J connectivity index is 0.00000456. The third-order valence-corrected chi connectivity index (χ3v) is 6.58. The molecule has 8 nitrogen and oxygen atoms in total. The third kappa shape index (κ3) is 8.38. The summed E-state index contributed by atoms with van der Waals surface area (Å²) in [7, 11) is 0. The van der Waals surface area contributed by atoms with Crippen LogP contribution in [0.5, 0.6) is 0 Å². The van der Waals surface area contributed by atoms with Gasteiger partial charge in [-0.3, -0.25) is 9.59 Å². The van der Waals surface area contributed by atoms with Gasteiger partial charge >= 0.3 is 35.5 Å². The van der Waals surface area contributed by atoms with Gasteiger partial charge in [-0.05, 0) is 68.2 Å². The van der Waals surface area contributed by atoms with E-state index in [9.17, 15) is 24.2 Å². The number of hydrogen-bond acceptors (Lipinski definition) is 5. The van der Waals surface area contributed by atoms with Crippen molar-refractivity contribution in [2.24, 2.45) is 5.92 Å². The molecule has 10 heteroatoms. The Labute approximate surface area is 233 Å². The molecule has 2 aromatic rings. The zero-order chi connectivity index (χ0) is 25.5. The fraction of sp³-hybridized carbons (Fsp3) is 0.577. The Kier molecular flexibility index (Phi) is 12.0. The van der Waals surface area contributed by atoms with Gasteiger partial charge < -0.3 is 20.6 Å². The average Bonchev–Trinajstić information content (AvgIpc) is 3.44. The summed E-state index contributed by atoms with van der Waals surface area (Å²) in [5.74, 6) is -1.33. The van der Waals surface area contributed by atoms with Gasteiger partial charge in [0.25, 0.3) is 5.91 Å². The second kappa shape index (κ2) is 14.2. The van der Waals surface area contributed by atoms with Gasteiger partial charge in [0.15, 0.2) is 5.69 Å². The number of amides is 1. The topological polar surface area (TPSA) is 125 Å². The number of aliphatic carboxylic acids is 1. The molecule has 0 saturated heterocycles. The molecule has 1 fully saturated rings. The summed E-state index contributed by atoms with van der Waals surface area (Å²) in [6, 6.07) is 5.83. The van der Waals surface area contributed by atoms with Gasteiger partial charge in [0, 0.05) is 17.8 Å². The summed E-state index contributed by atoms with van der Waals surface area (Å²) in [6.07, 6.45) is 2.59. The number of nitrogens with one attached hydrogen (secondary N) is 1. The summed E-state index contributed by atoms with van der Waals surface area (Å²) in [6.45, 7) is 4.54. The van der Waals surface area contributed by atoms with E-state index in [1.807, 2.05) is 13.8 Å². The minimum atomic E-state index is -1.15. The van der Waals surface area contributed by atoms with Crippen molar-refractivity contribution in [2.75, 3.05) is 6.54 Å². The van der Waals surface area contributed by atoms with E-state index in [2.05, 4.69) is 10.4 Å². The van der Waals surface area contributed by atoms with E-state index >= 15 is 0 Å². The van der Waals surface area contributed by atoms with Crippen molar-refractivity contribution >= 4 is 41.4 Å². The number of hydrogen-bond donors (Lipinski definition) is 4. The minimum absolute atomic E-state index is 0. The molecule has 3 rings (SSSR count). The Morgan fingerprint density at radius 2 is 1.78 bits per heavy atom. The van der Waals surface area contributed by atoms with Crippen molar-refractivity contribution in [1.29, 1.82) is 0 Å². The third-order valence-electron chi connectivity index (χ3n) is 6.58.